The molecule has 0 aromatic carbocycles. The van der Waals surface area contributed by atoms with Crippen molar-refractivity contribution in [1.82, 2.24) is 0 Å². The maximum Gasteiger partial charge on any atom is -0.0414 e. The highest BCUT2D eigenvalue weighted by atomic mass is 14.1. The SMILES string of the molecule is CC.CCCCC(CCC)CCC(C)C. The van der Waals surface area contributed by atoms with Crippen LogP contribution in [0.4, 0.5) is 0 Å². The van der Waals surface area contributed by atoms with Gasteiger partial charge in [-0.05, 0) is 11.8 Å². The van der Waals surface area contributed by atoms with Crippen LogP contribution in [0.2, 0.25) is 0 Å². The first-order valence-electron chi connectivity index (χ1n) is 7.20. The molecule has 0 heteroatoms. The van der Waals surface area contributed by atoms with E-state index in [2.05, 4.69) is 27.7 Å². The van der Waals surface area contributed by atoms with Crippen LogP contribution in [0.25, 0.3) is 0 Å². The lowest BCUT2D eigenvalue weighted by Gasteiger charge is -2.16. The average Bonchev–Trinajstić information content (AvgIpc) is 2.25. The van der Waals surface area contributed by atoms with E-state index in [0.717, 1.165) is 11.8 Å². The summed E-state index contributed by atoms with van der Waals surface area (Å²) in [6, 6.07) is 0. The van der Waals surface area contributed by atoms with Crippen LogP contribution in [0.1, 0.15) is 86.5 Å². The third kappa shape index (κ3) is 14.0. The van der Waals surface area contributed by atoms with Crippen molar-refractivity contribution < 1.29 is 0 Å². The van der Waals surface area contributed by atoms with Gasteiger partial charge in [-0.2, -0.15) is 0 Å². The van der Waals surface area contributed by atoms with Crippen molar-refractivity contribution in [3.8, 4) is 0 Å². The lowest BCUT2D eigenvalue weighted by atomic mass is 9.90. The zero-order chi connectivity index (χ0) is 12.1. The zero-order valence-electron chi connectivity index (χ0n) is 12.1. The van der Waals surface area contributed by atoms with Gasteiger partial charge in [-0.3, -0.25) is 0 Å². The van der Waals surface area contributed by atoms with E-state index in [1.54, 1.807) is 0 Å². The molecule has 0 bridgehead atoms. The van der Waals surface area contributed by atoms with Crippen LogP contribution in [0.3, 0.4) is 0 Å². The van der Waals surface area contributed by atoms with Crippen molar-refractivity contribution in [3.05, 3.63) is 0 Å². The van der Waals surface area contributed by atoms with E-state index in [4.69, 9.17) is 0 Å². The first kappa shape index (κ1) is 17.4. The summed E-state index contributed by atoms with van der Waals surface area (Å²) in [5.41, 5.74) is 0. The van der Waals surface area contributed by atoms with Crippen LogP contribution in [0, 0.1) is 11.8 Å². The second kappa shape index (κ2) is 14.0. The normalized spacial score (nSPS) is 12.2. The number of hydrogen-bond donors (Lipinski definition) is 0. The monoisotopic (exact) mass is 214 g/mol. The summed E-state index contributed by atoms with van der Waals surface area (Å²) < 4.78 is 0. The summed E-state index contributed by atoms with van der Waals surface area (Å²) in [6.07, 6.45) is 9.97. The summed E-state index contributed by atoms with van der Waals surface area (Å²) in [6.45, 7) is 13.3. The molecular weight excluding hydrogens is 180 g/mol. The van der Waals surface area contributed by atoms with Gasteiger partial charge in [0.05, 0.1) is 0 Å². The molecule has 94 valence electrons. The third-order valence-corrected chi connectivity index (χ3v) is 2.82. The van der Waals surface area contributed by atoms with Gasteiger partial charge >= 0.3 is 0 Å². The molecule has 0 nitrogen and oxygen atoms in total. The Labute approximate surface area is 98.9 Å². The van der Waals surface area contributed by atoms with Gasteiger partial charge in [0.15, 0.2) is 0 Å². The van der Waals surface area contributed by atoms with Crippen LogP contribution in [0.15, 0.2) is 0 Å². The fraction of sp³-hybridized carbons (Fsp3) is 1.00. The smallest absolute Gasteiger partial charge is 0.0414 e. The first-order valence-corrected chi connectivity index (χ1v) is 7.20. The van der Waals surface area contributed by atoms with Gasteiger partial charge in [-0.15, -0.1) is 0 Å². The molecule has 0 rings (SSSR count). The molecule has 1 atom stereocenters. The maximum absolute atomic E-state index is 2.34. The Morgan fingerprint density at radius 2 is 1.33 bits per heavy atom. The lowest BCUT2D eigenvalue weighted by Crippen LogP contribution is -2.02. The zero-order valence-corrected chi connectivity index (χ0v) is 12.1. The Balaban J connectivity index is 0. The molecule has 0 aliphatic rings. The van der Waals surface area contributed by atoms with Crippen molar-refractivity contribution in [1.29, 1.82) is 0 Å². The highest BCUT2D eigenvalue weighted by Crippen LogP contribution is 2.22. The summed E-state index contributed by atoms with van der Waals surface area (Å²) >= 11 is 0. The lowest BCUT2D eigenvalue weighted by molar-refractivity contribution is 0.366. The molecule has 0 aromatic rings. The molecule has 0 radical (unpaired) electrons. The Morgan fingerprint density at radius 3 is 1.73 bits per heavy atom. The van der Waals surface area contributed by atoms with Gasteiger partial charge in [0, 0.05) is 0 Å². The van der Waals surface area contributed by atoms with Crippen molar-refractivity contribution in [3.63, 3.8) is 0 Å². The molecule has 0 aliphatic carbocycles. The molecule has 0 amide bonds. The van der Waals surface area contributed by atoms with Gasteiger partial charge in [0.2, 0.25) is 0 Å². The van der Waals surface area contributed by atoms with Crippen LogP contribution < -0.4 is 0 Å². The Morgan fingerprint density at radius 1 is 0.733 bits per heavy atom. The van der Waals surface area contributed by atoms with E-state index in [1.165, 1.54) is 44.9 Å². The summed E-state index contributed by atoms with van der Waals surface area (Å²) in [5, 5.41) is 0. The van der Waals surface area contributed by atoms with Crippen LogP contribution >= 0.6 is 0 Å². The standard InChI is InChI=1S/C13H28.C2H6/c1-5-7-9-13(8-6-2)11-10-12(3)4;1-2/h12-13H,5-11H2,1-4H3;1-2H3. The van der Waals surface area contributed by atoms with Gasteiger partial charge in [0.1, 0.15) is 0 Å². The van der Waals surface area contributed by atoms with Crippen molar-refractivity contribution in [2.24, 2.45) is 11.8 Å². The topological polar surface area (TPSA) is 0 Å². The predicted octanol–water partition coefficient (Wildman–Crippen LogP) is 6.06. The van der Waals surface area contributed by atoms with E-state index in [0.29, 0.717) is 0 Å². The van der Waals surface area contributed by atoms with Gasteiger partial charge < -0.3 is 0 Å². The summed E-state index contributed by atoms with van der Waals surface area (Å²) in [4.78, 5) is 0. The molecule has 1 unspecified atom stereocenters. The van der Waals surface area contributed by atoms with E-state index < -0.39 is 0 Å². The van der Waals surface area contributed by atoms with Crippen LogP contribution in [0.5, 0.6) is 0 Å². The molecule has 0 saturated carbocycles. The van der Waals surface area contributed by atoms with Crippen LogP contribution in [-0.2, 0) is 0 Å². The Bertz CT molecular complexity index is 94.2. The number of unbranched alkanes of at least 4 members (excludes halogenated alkanes) is 1. The minimum Gasteiger partial charge on any atom is -0.0683 e. The third-order valence-electron chi connectivity index (χ3n) is 2.82. The van der Waals surface area contributed by atoms with E-state index in [9.17, 15) is 0 Å². The number of rotatable bonds is 8. The van der Waals surface area contributed by atoms with Gasteiger partial charge in [-0.1, -0.05) is 86.5 Å². The molecule has 0 heterocycles. The molecule has 0 spiro atoms. The summed E-state index contributed by atoms with van der Waals surface area (Å²) in [5.74, 6) is 1.91. The molecule has 0 fully saturated rings. The van der Waals surface area contributed by atoms with Crippen molar-refractivity contribution in [2.75, 3.05) is 0 Å². The molecule has 0 aliphatic heterocycles. The minimum atomic E-state index is 0.890. The van der Waals surface area contributed by atoms with Gasteiger partial charge in [0.25, 0.3) is 0 Å². The predicted molar refractivity (Wildman–Crippen MR) is 73.3 cm³/mol. The van der Waals surface area contributed by atoms with E-state index in [1.807, 2.05) is 13.8 Å². The van der Waals surface area contributed by atoms with Crippen LogP contribution in [-0.4, -0.2) is 0 Å². The summed E-state index contributed by atoms with van der Waals surface area (Å²) in [7, 11) is 0. The molecule has 0 aromatic heterocycles. The number of hydrogen-bond acceptors (Lipinski definition) is 0. The van der Waals surface area contributed by atoms with E-state index >= 15 is 0 Å². The Kier molecular flexibility index (Phi) is 16.2. The molecular formula is C15H34. The average molecular weight is 214 g/mol. The second-order valence-electron chi connectivity index (χ2n) is 4.77. The maximum atomic E-state index is 2.34. The molecule has 0 saturated heterocycles. The Hall–Kier alpha value is 0. The fourth-order valence-corrected chi connectivity index (χ4v) is 1.90. The van der Waals surface area contributed by atoms with Crippen molar-refractivity contribution >= 4 is 0 Å². The minimum absolute atomic E-state index is 0.890. The fourth-order valence-electron chi connectivity index (χ4n) is 1.90. The highest BCUT2D eigenvalue weighted by Gasteiger charge is 2.07. The molecule has 15 heavy (non-hydrogen) atoms. The highest BCUT2D eigenvalue weighted by molar-refractivity contribution is 4.60. The first-order chi connectivity index (χ1) is 7.20. The molecule has 0 N–H and O–H groups in total. The van der Waals surface area contributed by atoms with Crippen molar-refractivity contribution in [2.45, 2.75) is 86.5 Å². The second-order valence-corrected chi connectivity index (χ2v) is 4.77. The van der Waals surface area contributed by atoms with Gasteiger partial charge in [-0.25, -0.2) is 0 Å². The quantitative estimate of drug-likeness (QED) is 0.461. The largest absolute Gasteiger partial charge is 0.0683 e. The van der Waals surface area contributed by atoms with E-state index in [-0.39, 0.29) is 0 Å².